The van der Waals surface area contributed by atoms with Crippen molar-refractivity contribution in [1.29, 1.82) is 0 Å². The summed E-state index contributed by atoms with van der Waals surface area (Å²) in [4.78, 5) is 12.0. The quantitative estimate of drug-likeness (QED) is 0.405. The minimum atomic E-state index is 0. The topological polar surface area (TPSA) is 22.0 Å². The van der Waals surface area contributed by atoms with Crippen LogP contribution in [0.5, 0.6) is 0 Å². The SMILES string of the molecule is C[N+]12CCC[C@@H]1C1CC(C2)c2cccc(=O)n2C1.[I-]. The Morgan fingerprint density at radius 1 is 1.37 bits per heavy atom. The Kier molecular flexibility index (Phi) is 3.29. The largest absolute Gasteiger partial charge is 1.00 e. The van der Waals surface area contributed by atoms with Gasteiger partial charge in [0.05, 0.1) is 26.2 Å². The third-order valence-corrected chi connectivity index (χ3v) is 5.66. The van der Waals surface area contributed by atoms with Crippen LogP contribution in [0.25, 0.3) is 0 Å². The second kappa shape index (κ2) is 4.58. The van der Waals surface area contributed by atoms with Gasteiger partial charge in [0.1, 0.15) is 0 Å². The zero-order valence-corrected chi connectivity index (χ0v) is 13.5. The van der Waals surface area contributed by atoms with E-state index >= 15 is 0 Å². The van der Waals surface area contributed by atoms with Crippen molar-refractivity contribution in [3.63, 3.8) is 0 Å². The monoisotopic (exact) mass is 372 g/mol. The number of quaternary nitrogens is 1. The lowest BCUT2D eigenvalue weighted by molar-refractivity contribution is -0.932. The van der Waals surface area contributed by atoms with Crippen LogP contribution in [0.4, 0.5) is 0 Å². The molecule has 0 N–H and O–H groups in total. The van der Waals surface area contributed by atoms with E-state index < -0.39 is 0 Å². The van der Waals surface area contributed by atoms with E-state index in [1.54, 1.807) is 6.07 Å². The van der Waals surface area contributed by atoms with Gasteiger partial charge in [0, 0.05) is 43.0 Å². The van der Waals surface area contributed by atoms with Crippen molar-refractivity contribution in [2.24, 2.45) is 5.92 Å². The van der Waals surface area contributed by atoms with Crippen molar-refractivity contribution >= 4 is 0 Å². The number of fused-ring (bicyclic) bond motifs is 6. The van der Waals surface area contributed by atoms with E-state index in [-0.39, 0.29) is 29.5 Å². The molecule has 4 heteroatoms. The summed E-state index contributed by atoms with van der Waals surface area (Å²) < 4.78 is 3.32. The average Bonchev–Trinajstić information content (AvgIpc) is 2.73. The predicted molar refractivity (Wildman–Crippen MR) is 70.5 cm³/mol. The van der Waals surface area contributed by atoms with E-state index in [0.29, 0.717) is 5.92 Å². The second-order valence-electron chi connectivity index (χ2n) is 6.69. The number of piperidine rings is 1. The molecule has 0 aromatic carbocycles. The first-order valence-electron chi connectivity index (χ1n) is 7.21. The summed E-state index contributed by atoms with van der Waals surface area (Å²) in [7, 11) is 2.44. The lowest BCUT2D eigenvalue weighted by Gasteiger charge is -2.50. The van der Waals surface area contributed by atoms with Crippen molar-refractivity contribution < 1.29 is 28.5 Å². The van der Waals surface area contributed by atoms with Crippen LogP contribution in [0.3, 0.4) is 0 Å². The fourth-order valence-corrected chi connectivity index (χ4v) is 4.94. The van der Waals surface area contributed by atoms with Crippen molar-refractivity contribution in [2.75, 3.05) is 20.1 Å². The maximum absolute atomic E-state index is 12.0. The Morgan fingerprint density at radius 3 is 3.05 bits per heavy atom. The Labute approximate surface area is 131 Å². The molecular weight excluding hydrogens is 351 g/mol. The molecule has 4 atom stereocenters. The smallest absolute Gasteiger partial charge is 0.250 e. The molecule has 0 amide bonds. The number of hydrogen-bond acceptors (Lipinski definition) is 1. The molecule has 19 heavy (non-hydrogen) atoms. The molecule has 0 saturated carbocycles. The fourth-order valence-electron chi connectivity index (χ4n) is 4.94. The van der Waals surface area contributed by atoms with Crippen LogP contribution in [0, 0.1) is 5.92 Å². The predicted octanol–water partition coefficient (Wildman–Crippen LogP) is -1.42. The lowest BCUT2D eigenvalue weighted by Crippen LogP contribution is -3.00. The van der Waals surface area contributed by atoms with Gasteiger partial charge in [-0.05, 0) is 12.5 Å². The standard InChI is InChI=1S/C15H21N2O.HI/c1-17-7-3-5-14(17)11-8-12(10-17)13-4-2-6-15(18)16(13)9-11;/h2,4,6,11-12,14H,3,5,7-10H2,1H3;1H/q+1;/p-1/t11?,12?,14-,17?;/m1./s1. The Hall–Kier alpha value is -0.360. The minimum Gasteiger partial charge on any atom is -1.00 e. The Bertz CT molecular complexity index is 555. The van der Waals surface area contributed by atoms with Gasteiger partial charge in [-0.2, -0.15) is 0 Å². The van der Waals surface area contributed by atoms with Gasteiger partial charge in [-0.25, -0.2) is 0 Å². The van der Waals surface area contributed by atoms with Gasteiger partial charge >= 0.3 is 0 Å². The maximum Gasteiger partial charge on any atom is 0.250 e. The molecule has 3 nitrogen and oxygen atoms in total. The van der Waals surface area contributed by atoms with Crippen LogP contribution in [0.1, 0.15) is 30.9 Å². The lowest BCUT2D eigenvalue weighted by atomic mass is 9.77. The van der Waals surface area contributed by atoms with Gasteiger partial charge in [0.25, 0.3) is 5.56 Å². The molecule has 3 aliphatic rings. The van der Waals surface area contributed by atoms with Gasteiger partial charge in [-0.15, -0.1) is 0 Å². The molecule has 2 bridgehead atoms. The van der Waals surface area contributed by atoms with Gasteiger partial charge < -0.3 is 33.0 Å². The van der Waals surface area contributed by atoms with E-state index in [0.717, 1.165) is 18.5 Å². The summed E-state index contributed by atoms with van der Waals surface area (Å²) in [6.07, 6.45) is 4.04. The van der Waals surface area contributed by atoms with Crippen LogP contribution in [-0.2, 0) is 6.54 Å². The van der Waals surface area contributed by atoms with E-state index in [2.05, 4.69) is 17.7 Å². The summed E-state index contributed by atoms with van der Waals surface area (Å²) in [6, 6.07) is 6.63. The number of hydrogen-bond donors (Lipinski definition) is 0. The highest BCUT2D eigenvalue weighted by molar-refractivity contribution is 5.16. The molecule has 4 rings (SSSR count). The first-order valence-corrected chi connectivity index (χ1v) is 7.21. The molecule has 3 unspecified atom stereocenters. The molecular formula is C15H21IN2O. The normalized spacial score (nSPS) is 39.1. The highest BCUT2D eigenvalue weighted by Gasteiger charge is 2.51. The van der Waals surface area contributed by atoms with Crippen molar-refractivity contribution in [2.45, 2.75) is 37.8 Å². The van der Waals surface area contributed by atoms with Crippen molar-refractivity contribution in [3.05, 3.63) is 34.2 Å². The van der Waals surface area contributed by atoms with Crippen LogP contribution in [-0.4, -0.2) is 35.2 Å². The van der Waals surface area contributed by atoms with Gasteiger partial charge in [-0.3, -0.25) is 4.79 Å². The summed E-state index contributed by atoms with van der Waals surface area (Å²) >= 11 is 0. The summed E-state index contributed by atoms with van der Waals surface area (Å²) in [6.45, 7) is 3.55. The van der Waals surface area contributed by atoms with Crippen LogP contribution < -0.4 is 29.5 Å². The van der Waals surface area contributed by atoms with Crippen LogP contribution >= 0.6 is 0 Å². The molecule has 2 fully saturated rings. The molecule has 2 saturated heterocycles. The van der Waals surface area contributed by atoms with Gasteiger partial charge in [0.15, 0.2) is 0 Å². The average molecular weight is 372 g/mol. The Balaban J connectivity index is 0.00000110. The third-order valence-electron chi connectivity index (χ3n) is 5.66. The number of pyridine rings is 1. The van der Waals surface area contributed by atoms with E-state index in [1.807, 2.05) is 6.07 Å². The number of likely N-dealkylation sites (N-methyl/N-ethyl adjacent to an activating group) is 1. The number of nitrogens with zero attached hydrogens (tertiary/aromatic N) is 2. The zero-order valence-electron chi connectivity index (χ0n) is 11.4. The highest BCUT2D eigenvalue weighted by Crippen LogP contribution is 2.45. The van der Waals surface area contributed by atoms with Gasteiger partial charge in [-0.1, -0.05) is 6.07 Å². The Morgan fingerprint density at radius 2 is 2.21 bits per heavy atom. The minimum absolute atomic E-state index is 0. The van der Waals surface area contributed by atoms with E-state index in [4.69, 9.17) is 0 Å². The van der Waals surface area contributed by atoms with Gasteiger partial charge in [0.2, 0.25) is 0 Å². The number of aromatic nitrogens is 1. The van der Waals surface area contributed by atoms with E-state index in [1.165, 1.54) is 42.5 Å². The van der Waals surface area contributed by atoms with Crippen LogP contribution in [0.2, 0.25) is 0 Å². The first kappa shape index (κ1) is 13.6. The molecule has 0 aliphatic carbocycles. The molecule has 3 aliphatic heterocycles. The maximum atomic E-state index is 12.0. The van der Waals surface area contributed by atoms with Crippen LogP contribution in [0.15, 0.2) is 23.0 Å². The summed E-state index contributed by atoms with van der Waals surface area (Å²) in [5.41, 5.74) is 1.50. The third kappa shape index (κ3) is 1.90. The molecule has 0 spiro atoms. The molecule has 1 aromatic rings. The molecule has 0 radical (unpaired) electrons. The van der Waals surface area contributed by atoms with E-state index in [9.17, 15) is 4.79 Å². The second-order valence-corrected chi connectivity index (χ2v) is 6.69. The zero-order chi connectivity index (χ0) is 12.3. The fraction of sp³-hybridized carbons (Fsp3) is 0.667. The molecule has 4 heterocycles. The number of rotatable bonds is 0. The molecule has 1 aromatic heterocycles. The number of halogens is 1. The molecule has 104 valence electrons. The summed E-state index contributed by atoms with van der Waals surface area (Å²) in [5.74, 6) is 1.33. The van der Waals surface area contributed by atoms with Crippen molar-refractivity contribution in [3.8, 4) is 0 Å². The first-order chi connectivity index (χ1) is 8.67. The highest BCUT2D eigenvalue weighted by atomic mass is 127. The van der Waals surface area contributed by atoms with Crippen molar-refractivity contribution in [1.82, 2.24) is 4.57 Å². The summed E-state index contributed by atoms with van der Waals surface area (Å²) in [5, 5.41) is 0.